The highest BCUT2D eigenvalue weighted by atomic mass is 16.2. The van der Waals surface area contributed by atoms with Crippen LogP contribution in [0.1, 0.15) is 40.5 Å². The maximum Gasteiger partial charge on any atom is 0.331 e. The number of nitrogens with one attached hydrogen (secondary N) is 2. The summed E-state index contributed by atoms with van der Waals surface area (Å²) >= 11 is 0. The summed E-state index contributed by atoms with van der Waals surface area (Å²) in [4.78, 5) is 22.3. The standard InChI is InChI=1S/C10H18N4O2/c1-5-7(3)11-13-9(15)10(16)14-12-8(4)6-2/h5-6H2,1-4H3,(H,13,15)(H,14,16). The van der Waals surface area contributed by atoms with Crippen LogP contribution < -0.4 is 10.9 Å². The maximum absolute atomic E-state index is 11.2. The average molecular weight is 226 g/mol. The van der Waals surface area contributed by atoms with Crippen LogP contribution in [0.3, 0.4) is 0 Å². The Labute approximate surface area is 95.2 Å². The summed E-state index contributed by atoms with van der Waals surface area (Å²) in [7, 11) is 0. The SMILES string of the molecule is CCC(C)=NNC(=O)C(=O)NN=C(C)CC. The molecule has 0 aromatic rings. The molecule has 0 spiro atoms. The number of hydrogen-bond donors (Lipinski definition) is 2. The number of rotatable bonds is 4. The highest BCUT2D eigenvalue weighted by molar-refractivity contribution is 6.35. The highest BCUT2D eigenvalue weighted by Gasteiger charge is 2.11. The van der Waals surface area contributed by atoms with Gasteiger partial charge in [-0.1, -0.05) is 13.8 Å². The van der Waals surface area contributed by atoms with Gasteiger partial charge >= 0.3 is 11.8 Å². The van der Waals surface area contributed by atoms with Gasteiger partial charge in [0.25, 0.3) is 0 Å². The summed E-state index contributed by atoms with van der Waals surface area (Å²) in [6, 6.07) is 0. The van der Waals surface area contributed by atoms with Gasteiger partial charge in [-0.3, -0.25) is 9.59 Å². The lowest BCUT2D eigenvalue weighted by molar-refractivity contribution is -0.139. The van der Waals surface area contributed by atoms with Gasteiger partial charge in [0.05, 0.1) is 0 Å². The molecule has 6 nitrogen and oxygen atoms in total. The molecule has 0 aliphatic carbocycles. The van der Waals surface area contributed by atoms with Crippen LogP contribution >= 0.6 is 0 Å². The van der Waals surface area contributed by atoms with Crippen molar-refractivity contribution < 1.29 is 9.59 Å². The highest BCUT2D eigenvalue weighted by Crippen LogP contribution is 1.83. The van der Waals surface area contributed by atoms with Crippen LogP contribution in [0, 0.1) is 0 Å². The molecule has 2 N–H and O–H groups in total. The predicted molar refractivity (Wildman–Crippen MR) is 63.1 cm³/mol. The molecule has 0 aromatic heterocycles. The van der Waals surface area contributed by atoms with Gasteiger partial charge < -0.3 is 0 Å². The van der Waals surface area contributed by atoms with Crippen LogP contribution in [0.25, 0.3) is 0 Å². The molecule has 0 saturated carbocycles. The van der Waals surface area contributed by atoms with Gasteiger partial charge in [0.15, 0.2) is 0 Å². The Morgan fingerprint density at radius 3 is 1.44 bits per heavy atom. The maximum atomic E-state index is 11.2. The van der Waals surface area contributed by atoms with E-state index in [0.717, 1.165) is 24.3 Å². The van der Waals surface area contributed by atoms with Crippen molar-refractivity contribution in [1.29, 1.82) is 0 Å². The van der Waals surface area contributed by atoms with Crippen LogP contribution in [-0.2, 0) is 9.59 Å². The third-order valence-corrected chi connectivity index (χ3v) is 1.93. The third kappa shape index (κ3) is 5.90. The molecule has 0 atom stereocenters. The van der Waals surface area contributed by atoms with E-state index in [0.29, 0.717) is 0 Å². The zero-order valence-corrected chi connectivity index (χ0v) is 10.1. The molecule has 0 saturated heterocycles. The van der Waals surface area contributed by atoms with Crippen molar-refractivity contribution in [1.82, 2.24) is 10.9 Å². The molecule has 0 bridgehead atoms. The summed E-state index contributed by atoms with van der Waals surface area (Å²) in [5.74, 6) is -1.64. The number of carbonyl (C=O) groups excluding carboxylic acids is 2. The van der Waals surface area contributed by atoms with Crippen molar-refractivity contribution >= 4 is 23.2 Å². The fourth-order valence-electron chi connectivity index (χ4n) is 0.552. The second-order valence-corrected chi connectivity index (χ2v) is 3.28. The molecule has 0 aliphatic rings. The predicted octanol–water partition coefficient (Wildman–Crippen LogP) is 0.791. The van der Waals surface area contributed by atoms with Crippen LogP contribution in [0.15, 0.2) is 10.2 Å². The van der Waals surface area contributed by atoms with E-state index in [4.69, 9.17) is 0 Å². The first-order valence-electron chi connectivity index (χ1n) is 5.17. The van der Waals surface area contributed by atoms with Crippen molar-refractivity contribution in [2.75, 3.05) is 0 Å². The first kappa shape index (κ1) is 14.3. The van der Waals surface area contributed by atoms with E-state index < -0.39 is 11.8 Å². The monoisotopic (exact) mass is 226 g/mol. The first-order valence-corrected chi connectivity index (χ1v) is 5.17. The van der Waals surface area contributed by atoms with Gasteiger partial charge in [0.1, 0.15) is 0 Å². The van der Waals surface area contributed by atoms with Gasteiger partial charge in [-0.05, 0) is 26.7 Å². The van der Waals surface area contributed by atoms with Gasteiger partial charge in [0, 0.05) is 11.4 Å². The van der Waals surface area contributed by atoms with Crippen molar-refractivity contribution in [3.8, 4) is 0 Å². The van der Waals surface area contributed by atoms with E-state index in [1.165, 1.54) is 0 Å². The Bertz CT molecular complexity index is 289. The van der Waals surface area contributed by atoms with E-state index >= 15 is 0 Å². The third-order valence-electron chi connectivity index (χ3n) is 1.93. The Balaban J connectivity index is 4.16. The van der Waals surface area contributed by atoms with Crippen LogP contribution in [0.2, 0.25) is 0 Å². The minimum atomic E-state index is -0.819. The van der Waals surface area contributed by atoms with E-state index in [1.807, 2.05) is 13.8 Å². The van der Waals surface area contributed by atoms with E-state index in [-0.39, 0.29) is 0 Å². The topological polar surface area (TPSA) is 82.9 Å². The molecule has 6 heteroatoms. The second kappa shape index (κ2) is 7.56. The summed E-state index contributed by atoms with van der Waals surface area (Å²) in [6.07, 6.45) is 1.43. The molecule has 0 heterocycles. The van der Waals surface area contributed by atoms with Gasteiger partial charge in [-0.25, -0.2) is 10.9 Å². The number of carbonyl (C=O) groups is 2. The average Bonchev–Trinajstić information content (AvgIpc) is 2.31. The Morgan fingerprint density at radius 1 is 0.875 bits per heavy atom. The normalized spacial score (nSPS) is 12.2. The summed E-state index contributed by atoms with van der Waals surface area (Å²) < 4.78 is 0. The molecule has 0 unspecified atom stereocenters. The van der Waals surface area contributed by atoms with Crippen molar-refractivity contribution in [2.24, 2.45) is 10.2 Å². The van der Waals surface area contributed by atoms with Crippen LogP contribution in [0.5, 0.6) is 0 Å². The fraction of sp³-hybridized carbons (Fsp3) is 0.600. The lowest BCUT2D eigenvalue weighted by Gasteiger charge is -2.00. The van der Waals surface area contributed by atoms with Crippen molar-refractivity contribution in [3.05, 3.63) is 0 Å². The quantitative estimate of drug-likeness (QED) is 0.422. The number of hydrazone groups is 2. The van der Waals surface area contributed by atoms with Gasteiger partial charge in [-0.15, -0.1) is 0 Å². The number of hydrogen-bond acceptors (Lipinski definition) is 4. The van der Waals surface area contributed by atoms with Crippen molar-refractivity contribution in [2.45, 2.75) is 40.5 Å². The van der Waals surface area contributed by atoms with E-state index in [2.05, 4.69) is 21.1 Å². The molecule has 2 amide bonds. The molecular weight excluding hydrogens is 208 g/mol. The molecule has 16 heavy (non-hydrogen) atoms. The minimum Gasteiger partial charge on any atom is -0.262 e. The molecular formula is C10H18N4O2. The minimum absolute atomic E-state index is 0.717. The van der Waals surface area contributed by atoms with Crippen LogP contribution in [0.4, 0.5) is 0 Å². The molecule has 0 aliphatic heterocycles. The Kier molecular flexibility index (Phi) is 6.74. The molecule has 90 valence electrons. The molecule has 0 fully saturated rings. The number of nitrogens with zero attached hydrogens (tertiary/aromatic N) is 2. The molecule has 0 aromatic carbocycles. The van der Waals surface area contributed by atoms with E-state index in [9.17, 15) is 9.59 Å². The molecule has 0 radical (unpaired) electrons. The lowest BCUT2D eigenvalue weighted by atomic mass is 10.3. The zero-order chi connectivity index (χ0) is 12.6. The Morgan fingerprint density at radius 2 is 1.19 bits per heavy atom. The smallest absolute Gasteiger partial charge is 0.262 e. The fourth-order valence-corrected chi connectivity index (χ4v) is 0.552. The molecule has 0 rings (SSSR count). The van der Waals surface area contributed by atoms with E-state index in [1.54, 1.807) is 13.8 Å². The largest absolute Gasteiger partial charge is 0.331 e. The summed E-state index contributed by atoms with van der Waals surface area (Å²) in [5, 5.41) is 7.44. The summed E-state index contributed by atoms with van der Waals surface area (Å²) in [5.41, 5.74) is 5.77. The van der Waals surface area contributed by atoms with Gasteiger partial charge in [-0.2, -0.15) is 10.2 Å². The number of amides is 2. The first-order chi connectivity index (χ1) is 7.51. The second-order valence-electron chi connectivity index (χ2n) is 3.28. The van der Waals surface area contributed by atoms with Crippen LogP contribution in [-0.4, -0.2) is 23.2 Å². The van der Waals surface area contributed by atoms with Crippen molar-refractivity contribution in [3.63, 3.8) is 0 Å². The summed E-state index contributed by atoms with van der Waals surface area (Å²) in [6.45, 7) is 7.33. The van der Waals surface area contributed by atoms with Gasteiger partial charge in [0.2, 0.25) is 0 Å². The lowest BCUT2D eigenvalue weighted by Crippen LogP contribution is -2.35. The Hall–Kier alpha value is -1.72. The zero-order valence-electron chi connectivity index (χ0n) is 10.1.